The van der Waals surface area contributed by atoms with Gasteiger partial charge in [0.1, 0.15) is 11.3 Å². The number of amides is 1. The molecule has 4 rings (SSSR count). The van der Waals surface area contributed by atoms with Gasteiger partial charge in [0.15, 0.2) is 5.43 Å². The van der Waals surface area contributed by atoms with Gasteiger partial charge in [0, 0.05) is 17.6 Å². The molecule has 156 valence electrons. The van der Waals surface area contributed by atoms with E-state index in [1.165, 1.54) is 0 Å². The van der Waals surface area contributed by atoms with Gasteiger partial charge < -0.3 is 19.0 Å². The van der Waals surface area contributed by atoms with E-state index >= 15 is 0 Å². The quantitative estimate of drug-likeness (QED) is 0.543. The molecular formula is C23H23BrN2O4. The van der Waals surface area contributed by atoms with E-state index in [0.717, 1.165) is 15.8 Å². The van der Waals surface area contributed by atoms with E-state index in [1.54, 1.807) is 23.1 Å². The second-order valence-corrected chi connectivity index (χ2v) is 8.44. The van der Waals surface area contributed by atoms with Gasteiger partial charge in [-0.1, -0.05) is 28.1 Å². The van der Waals surface area contributed by atoms with Gasteiger partial charge in [-0.25, -0.2) is 0 Å². The Morgan fingerprint density at radius 3 is 2.53 bits per heavy atom. The molecule has 1 amide bonds. The van der Waals surface area contributed by atoms with Gasteiger partial charge in [0.05, 0.1) is 23.6 Å². The summed E-state index contributed by atoms with van der Waals surface area (Å²) in [6.07, 6.45) is 0. The molecule has 0 fully saturated rings. The number of nitrogens with zero attached hydrogens (tertiary/aromatic N) is 2. The van der Waals surface area contributed by atoms with Crippen LogP contribution in [0.15, 0.2) is 56.1 Å². The lowest BCUT2D eigenvalue weighted by Gasteiger charge is -2.26. The fourth-order valence-corrected chi connectivity index (χ4v) is 4.15. The third-order valence-corrected chi connectivity index (χ3v) is 5.72. The van der Waals surface area contributed by atoms with E-state index in [4.69, 9.17) is 9.15 Å². The van der Waals surface area contributed by atoms with Crippen molar-refractivity contribution in [2.45, 2.75) is 13.0 Å². The minimum absolute atomic E-state index is 0.132. The summed E-state index contributed by atoms with van der Waals surface area (Å²) >= 11 is 3.42. The number of carbonyl (C=O) groups is 1. The average molecular weight is 471 g/mol. The van der Waals surface area contributed by atoms with Crippen molar-refractivity contribution < 1.29 is 13.9 Å². The molecule has 1 aromatic heterocycles. The molecule has 0 N–H and O–H groups in total. The maximum absolute atomic E-state index is 13.5. The summed E-state index contributed by atoms with van der Waals surface area (Å²) in [5, 5.41) is 0.460. The Morgan fingerprint density at radius 2 is 1.87 bits per heavy atom. The van der Waals surface area contributed by atoms with Gasteiger partial charge >= 0.3 is 0 Å². The molecule has 3 aromatic rings. The van der Waals surface area contributed by atoms with Crippen LogP contribution in [-0.2, 0) is 0 Å². The molecule has 0 saturated heterocycles. The van der Waals surface area contributed by atoms with Crippen LogP contribution in [0.3, 0.4) is 0 Å². The summed E-state index contributed by atoms with van der Waals surface area (Å²) in [4.78, 5) is 30.5. The highest BCUT2D eigenvalue weighted by Crippen LogP contribution is 2.38. The monoisotopic (exact) mass is 470 g/mol. The lowest BCUT2D eigenvalue weighted by atomic mass is 9.98. The zero-order valence-electron chi connectivity index (χ0n) is 17.1. The van der Waals surface area contributed by atoms with Crippen LogP contribution in [0.4, 0.5) is 0 Å². The lowest BCUT2D eigenvalue weighted by molar-refractivity contribution is 0.0716. The molecule has 1 atom stereocenters. The van der Waals surface area contributed by atoms with Crippen LogP contribution in [0.1, 0.15) is 34.6 Å². The summed E-state index contributed by atoms with van der Waals surface area (Å²) in [5.74, 6) is 0.625. The third-order valence-electron chi connectivity index (χ3n) is 5.22. The Hall–Kier alpha value is -2.64. The van der Waals surface area contributed by atoms with Crippen LogP contribution in [0.5, 0.6) is 5.75 Å². The fraction of sp³-hybridized carbons (Fsp3) is 0.304. The topological polar surface area (TPSA) is 63.0 Å². The summed E-state index contributed by atoms with van der Waals surface area (Å²) in [7, 11) is 3.91. The predicted molar refractivity (Wildman–Crippen MR) is 119 cm³/mol. The van der Waals surface area contributed by atoms with E-state index < -0.39 is 6.04 Å². The van der Waals surface area contributed by atoms with Crippen molar-refractivity contribution in [1.82, 2.24) is 9.80 Å². The van der Waals surface area contributed by atoms with E-state index in [9.17, 15) is 9.59 Å². The molecule has 7 heteroatoms. The molecule has 0 saturated carbocycles. The van der Waals surface area contributed by atoms with E-state index in [1.807, 2.05) is 50.2 Å². The second kappa shape index (κ2) is 8.24. The molecule has 1 aliphatic rings. The molecule has 0 bridgehead atoms. The first-order chi connectivity index (χ1) is 14.4. The van der Waals surface area contributed by atoms with Crippen LogP contribution in [0, 0.1) is 0 Å². The predicted octanol–water partition coefficient (Wildman–Crippen LogP) is 4.06. The lowest BCUT2D eigenvalue weighted by Crippen LogP contribution is -2.35. The largest absolute Gasteiger partial charge is 0.494 e. The average Bonchev–Trinajstić information content (AvgIpc) is 3.00. The fourth-order valence-electron chi connectivity index (χ4n) is 3.79. The molecule has 0 spiro atoms. The Balaban J connectivity index is 1.88. The third kappa shape index (κ3) is 3.63. The second-order valence-electron chi connectivity index (χ2n) is 7.52. The number of carbonyl (C=O) groups excluding carboxylic acids is 1. The minimum atomic E-state index is -0.497. The standard InChI is InChI=1S/C23H23BrN2O4/c1-4-29-16-8-5-14(6-9-16)20-19-21(27)17-13-15(24)7-10-18(17)30-22(19)23(28)26(20)12-11-25(2)3/h5-10,13,20H,4,11-12H2,1-3H3. The van der Waals surface area contributed by atoms with Crippen molar-refractivity contribution in [2.24, 2.45) is 0 Å². The summed E-state index contributed by atoms with van der Waals surface area (Å²) in [5.41, 5.74) is 1.49. The van der Waals surface area contributed by atoms with E-state index in [2.05, 4.69) is 15.9 Å². The number of halogens is 1. The normalized spacial score (nSPS) is 15.8. The zero-order chi connectivity index (χ0) is 21.4. The van der Waals surface area contributed by atoms with Gasteiger partial charge in [-0.3, -0.25) is 9.59 Å². The molecule has 1 unspecified atom stereocenters. The maximum atomic E-state index is 13.5. The van der Waals surface area contributed by atoms with Gasteiger partial charge in [-0.2, -0.15) is 0 Å². The SMILES string of the molecule is CCOc1ccc(C2c3c(oc4ccc(Br)cc4c3=O)C(=O)N2CCN(C)C)cc1. The Labute approximate surface area is 183 Å². The van der Waals surface area contributed by atoms with Gasteiger partial charge in [-0.15, -0.1) is 0 Å². The number of hydrogen-bond acceptors (Lipinski definition) is 5. The first-order valence-corrected chi connectivity index (χ1v) is 10.6. The summed E-state index contributed by atoms with van der Waals surface area (Å²) in [6, 6.07) is 12.3. The molecular weight excluding hydrogens is 448 g/mol. The van der Waals surface area contributed by atoms with E-state index in [0.29, 0.717) is 36.2 Å². The van der Waals surface area contributed by atoms with Crippen molar-refractivity contribution >= 4 is 32.8 Å². The number of ether oxygens (including phenoxy) is 1. The summed E-state index contributed by atoms with van der Waals surface area (Å²) < 4.78 is 12.3. The maximum Gasteiger partial charge on any atom is 0.290 e. The van der Waals surface area contributed by atoms with Crippen molar-refractivity contribution in [2.75, 3.05) is 33.8 Å². The van der Waals surface area contributed by atoms with Crippen LogP contribution in [-0.4, -0.2) is 49.5 Å². The van der Waals surface area contributed by atoms with Crippen molar-refractivity contribution in [3.63, 3.8) is 0 Å². The molecule has 0 radical (unpaired) electrons. The minimum Gasteiger partial charge on any atom is -0.494 e. The zero-order valence-corrected chi connectivity index (χ0v) is 18.7. The number of hydrogen-bond donors (Lipinski definition) is 0. The molecule has 2 aromatic carbocycles. The Morgan fingerprint density at radius 1 is 1.13 bits per heavy atom. The van der Waals surface area contributed by atoms with Crippen LogP contribution in [0.2, 0.25) is 0 Å². The smallest absolute Gasteiger partial charge is 0.290 e. The molecule has 1 aliphatic heterocycles. The molecule has 6 nitrogen and oxygen atoms in total. The first kappa shape index (κ1) is 20.6. The van der Waals surface area contributed by atoms with Gasteiger partial charge in [-0.05, 0) is 56.9 Å². The number of rotatable bonds is 6. The van der Waals surface area contributed by atoms with Crippen molar-refractivity contribution in [1.29, 1.82) is 0 Å². The first-order valence-electron chi connectivity index (χ1n) is 9.85. The highest BCUT2D eigenvalue weighted by atomic mass is 79.9. The Kier molecular flexibility index (Phi) is 5.66. The number of benzene rings is 2. The van der Waals surface area contributed by atoms with Crippen LogP contribution < -0.4 is 10.2 Å². The highest BCUT2D eigenvalue weighted by molar-refractivity contribution is 9.10. The number of fused-ring (bicyclic) bond motifs is 2. The van der Waals surface area contributed by atoms with Crippen molar-refractivity contribution in [3.05, 3.63) is 74.0 Å². The van der Waals surface area contributed by atoms with Crippen molar-refractivity contribution in [3.8, 4) is 5.75 Å². The van der Waals surface area contributed by atoms with Gasteiger partial charge in [0.25, 0.3) is 5.91 Å². The molecule has 0 aliphatic carbocycles. The van der Waals surface area contributed by atoms with Gasteiger partial charge in [0.2, 0.25) is 5.76 Å². The molecule has 30 heavy (non-hydrogen) atoms. The van der Waals surface area contributed by atoms with E-state index in [-0.39, 0.29) is 17.1 Å². The molecule has 2 heterocycles. The van der Waals surface area contributed by atoms with Crippen LogP contribution >= 0.6 is 15.9 Å². The summed E-state index contributed by atoms with van der Waals surface area (Å²) in [6.45, 7) is 3.65. The Bertz CT molecular complexity index is 1150. The van der Waals surface area contributed by atoms with Crippen LogP contribution in [0.25, 0.3) is 11.0 Å². The number of likely N-dealkylation sites (N-methyl/N-ethyl adjacent to an activating group) is 1. The highest BCUT2D eigenvalue weighted by Gasteiger charge is 2.42.